The molecule has 0 saturated heterocycles. The second-order valence-electron chi connectivity index (χ2n) is 6.03. The van der Waals surface area contributed by atoms with Gasteiger partial charge in [-0.05, 0) is 52.3 Å². The number of hydrogen-bond donors (Lipinski definition) is 0. The van der Waals surface area contributed by atoms with E-state index in [0.717, 1.165) is 10.6 Å². The first-order chi connectivity index (χ1) is 11.3. The molecular formula is C19H23NO3S. The molecule has 0 aliphatic rings. The van der Waals surface area contributed by atoms with E-state index >= 15 is 0 Å². The molecule has 0 spiro atoms. The molecule has 0 fully saturated rings. The van der Waals surface area contributed by atoms with Crippen molar-refractivity contribution in [2.75, 3.05) is 6.61 Å². The van der Waals surface area contributed by atoms with Crippen LogP contribution in [-0.4, -0.2) is 23.9 Å². The topological polar surface area (TPSA) is 47.9 Å². The monoisotopic (exact) mass is 345 g/mol. The molecule has 1 aromatic heterocycles. The fourth-order valence-electron chi connectivity index (χ4n) is 1.98. The summed E-state index contributed by atoms with van der Waals surface area (Å²) in [6, 6.07) is 12.5. The van der Waals surface area contributed by atoms with Gasteiger partial charge < -0.3 is 9.57 Å². The molecule has 24 heavy (non-hydrogen) atoms. The summed E-state index contributed by atoms with van der Waals surface area (Å²) < 4.78 is 4.99. The lowest BCUT2D eigenvalue weighted by Gasteiger charge is -2.19. The van der Waals surface area contributed by atoms with Crippen molar-refractivity contribution in [2.24, 2.45) is 5.16 Å². The van der Waals surface area contributed by atoms with Crippen LogP contribution in [0.4, 0.5) is 0 Å². The number of carbonyl (C=O) groups is 1. The number of aryl methyl sites for hydroxylation is 1. The number of oxime groups is 1. The van der Waals surface area contributed by atoms with Crippen molar-refractivity contribution in [2.45, 2.75) is 40.2 Å². The molecule has 0 atom stereocenters. The normalized spacial score (nSPS) is 12.1. The average molecular weight is 345 g/mol. The Bertz CT molecular complexity index is 729. The number of benzene rings is 1. The number of esters is 1. The first-order valence-electron chi connectivity index (χ1n) is 7.90. The lowest BCUT2D eigenvalue weighted by Crippen LogP contribution is -2.35. The Kier molecular flexibility index (Phi) is 5.78. The molecule has 0 saturated carbocycles. The molecule has 5 heteroatoms. The third-order valence-corrected chi connectivity index (χ3v) is 4.72. The molecule has 0 bridgehead atoms. The SMILES string of the molecule is CCOC(=O)C(C)(C)O/N=C(/C)c1ccc(-c2ccc(C)cc2)s1. The summed E-state index contributed by atoms with van der Waals surface area (Å²) in [7, 11) is 0. The summed E-state index contributed by atoms with van der Waals surface area (Å²) in [4.78, 5) is 19.4. The molecular weight excluding hydrogens is 322 g/mol. The smallest absolute Gasteiger partial charge is 0.352 e. The molecule has 1 aromatic carbocycles. The predicted molar refractivity (Wildman–Crippen MR) is 98.5 cm³/mol. The maximum Gasteiger partial charge on any atom is 0.352 e. The molecule has 0 N–H and O–H groups in total. The second-order valence-corrected chi connectivity index (χ2v) is 7.11. The molecule has 0 aliphatic heterocycles. The Balaban J connectivity index is 2.11. The standard InChI is InChI=1S/C19H23NO3S/c1-6-22-18(21)19(4,5)23-20-14(3)16-11-12-17(24-16)15-9-7-13(2)8-10-15/h7-12H,6H2,1-5H3/b20-14-. The van der Waals surface area contributed by atoms with Crippen LogP contribution in [0.5, 0.6) is 0 Å². The first-order valence-corrected chi connectivity index (χ1v) is 8.72. The van der Waals surface area contributed by atoms with Crippen LogP contribution >= 0.6 is 11.3 Å². The summed E-state index contributed by atoms with van der Waals surface area (Å²) in [5.41, 5.74) is 2.05. The maximum atomic E-state index is 11.8. The van der Waals surface area contributed by atoms with Crippen LogP contribution in [0.25, 0.3) is 10.4 Å². The minimum absolute atomic E-state index is 0.319. The van der Waals surface area contributed by atoms with Crippen molar-refractivity contribution in [3.8, 4) is 10.4 Å². The van der Waals surface area contributed by atoms with Crippen LogP contribution < -0.4 is 0 Å². The van der Waals surface area contributed by atoms with Crippen LogP contribution in [0.1, 0.15) is 38.1 Å². The number of ether oxygens (including phenoxy) is 1. The van der Waals surface area contributed by atoms with Gasteiger partial charge in [-0.15, -0.1) is 11.3 Å². The molecule has 0 aliphatic carbocycles. The summed E-state index contributed by atoms with van der Waals surface area (Å²) in [5.74, 6) is -0.423. The van der Waals surface area contributed by atoms with Crippen molar-refractivity contribution in [1.29, 1.82) is 0 Å². The van der Waals surface area contributed by atoms with Crippen molar-refractivity contribution in [3.63, 3.8) is 0 Å². The number of nitrogens with zero attached hydrogens (tertiary/aromatic N) is 1. The lowest BCUT2D eigenvalue weighted by atomic mass is 10.1. The van der Waals surface area contributed by atoms with E-state index in [4.69, 9.17) is 9.57 Å². The molecule has 0 amide bonds. The van der Waals surface area contributed by atoms with Gasteiger partial charge >= 0.3 is 5.97 Å². The predicted octanol–water partition coefficient (Wildman–Crippen LogP) is 4.81. The Labute approximate surface area is 147 Å². The van der Waals surface area contributed by atoms with Gasteiger partial charge in [0.2, 0.25) is 5.60 Å². The fourth-order valence-corrected chi connectivity index (χ4v) is 2.92. The third-order valence-electron chi connectivity index (χ3n) is 3.48. The van der Waals surface area contributed by atoms with E-state index in [-0.39, 0.29) is 0 Å². The van der Waals surface area contributed by atoms with Crippen molar-refractivity contribution >= 4 is 23.0 Å². The van der Waals surface area contributed by atoms with Gasteiger partial charge in [0.15, 0.2) is 0 Å². The van der Waals surface area contributed by atoms with E-state index in [1.54, 1.807) is 32.1 Å². The minimum Gasteiger partial charge on any atom is -0.463 e. The van der Waals surface area contributed by atoms with Gasteiger partial charge in [-0.3, -0.25) is 0 Å². The summed E-state index contributed by atoms with van der Waals surface area (Å²) >= 11 is 1.64. The number of hydrogen-bond acceptors (Lipinski definition) is 5. The summed E-state index contributed by atoms with van der Waals surface area (Å²) in [6.07, 6.45) is 0. The van der Waals surface area contributed by atoms with E-state index in [1.165, 1.54) is 16.0 Å². The number of carbonyl (C=O) groups excluding carboxylic acids is 1. The largest absolute Gasteiger partial charge is 0.463 e. The molecule has 2 aromatic rings. The van der Waals surface area contributed by atoms with E-state index in [0.29, 0.717) is 6.61 Å². The molecule has 1 heterocycles. The quantitative estimate of drug-likeness (QED) is 0.429. The van der Waals surface area contributed by atoms with Gasteiger partial charge in [0.05, 0.1) is 17.2 Å². The molecule has 2 rings (SSSR count). The van der Waals surface area contributed by atoms with E-state index in [1.807, 2.05) is 13.0 Å². The third kappa shape index (κ3) is 4.45. The zero-order chi connectivity index (χ0) is 17.7. The second kappa shape index (κ2) is 7.62. The van der Waals surface area contributed by atoms with Crippen LogP contribution in [0.3, 0.4) is 0 Å². The highest BCUT2D eigenvalue weighted by Gasteiger charge is 2.32. The molecule has 0 radical (unpaired) electrons. The van der Waals surface area contributed by atoms with Gasteiger partial charge in [-0.1, -0.05) is 35.0 Å². The summed E-state index contributed by atoms with van der Waals surface area (Å²) in [5, 5.41) is 4.12. The zero-order valence-corrected chi connectivity index (χ0v) is 15.6. The van der Waals surface area contributed by atoms with Crippen LogP contribution in [0.2, 0.25) is 0 Å². The Morgan fingerprint density at radius 1 is 1.17 bits per heavy atom. The highest BCUT2D eigenvalue weighted by molar-refractivity contribution is 7.17. The van der Waals surface area contributed by atoms with Gasteiger partial charge in [0.25, 0.3) is 0 Å². The van der Waals surface area contributed by atoms with Gasteiger partial charge in [0, 0.05) is 4.88 Å². The summed E-state index contributed by atoms with van der Waals surface area (Å²) in [6.45, 7) is 9.32. The van der Waals surface area contributed by atoms with E-state index in [2.05, 4.69) is 42.4 Å². The van der Waals surface area contributed by atoms with Crippen molar-refractivity contribution < 1.29 is 14.4 Å². The van der Waals surface area contributed by atoms with Crippen LogP contribution in [0.15, 0.2) is 41.6 Å². The maximum absolute atomic E-state index is 11.8. The van der Waals surface area contributed by atoms with Gasteiger partial charge in [-0.25, -0.2) is 4.79 Å². The minimum atomic E-state index is -1.10. The zero-order valence-electron chi connectivity index (χ0n) is 14.8. The van der Waals surface area contributed by atoms with E-state index in [9.17, 15) is 4.79 Å². The van der Waals surface area contributed by atoms with Crippen molar-refractivity contribution in [3.05, 3.63) is 46.8 Å². The van der Waals surface area contributed by atoms with E-state index < -0.39 is 11.6 Å². The van der Waals surface area contributed by atoms with Crippen LogP contribution in [-0.2, 0) is 14.4 Å². The Hall–Kier alpha value is -2.14. The van der Waals surface area contributed by atoms with Gasteiger partial charge in [-0.2, -0.15) is 0 Å². The molecule has 128 valence electrons. The highest BCUT2D eigenvalue weighted by Crippen LogP contribution is 2.29. The Morgan fingerprint density at radius 2 is 1.83 bits per heavy atom. The lowest BCUT2D eigenvalue weighted by molar-refractivity contribution is -0.167. The first kappa shape index (κ1) is 18.2. The number of rotatable bonds is 6. The van der Waals surface area contributed by atoms with Gasteiger partial charge in [0.1, 0.15) is 0 Å². The molecule has 0 unspecified atom stereocenters. The van der Waals surface area contributed by atoms with Crippen LogP contribution in [0, 0.1) is 6.92 Å². The Morgan fingerprint density at radius 3 is 2.46 bits per heavy atom. The average Bonchev–Trinajstić information content (AvgIpc) is 3.03. The number of thiophene rings is 1. The molecule has 4 nitrogen and oxygen atoms in total. The highest BCUT2D eigenvalue weighted by atomic mass is 32.1. The van der Waals surface area contributed by atoms with Crippen molar-refractivity contribution in [1.82, 2.24) is 0 Å². The fraction of sp³-hybridized carbons (Fsp3) is 0.368.